The highest BCUT2D eigenvalue weighted by molar-refractivity contribution is 6.31. The third-order valence-corrected chi connectivity index (χ3v) is 5.24. The molecule has 4 rings (SSSR count). The molecule has 0 unspecified atom stereocenters. The van der Waals surface area contributed by atoms with Crippen LogP contribution >= 0.6 is 11.6 Å². The Hall–Kier alpha value is -2.66. The molecule has 1 aromatic carbocycles. The lowest BCUT2D eigenvalue weighted by Crippen LogP contribution is -2.30. The van der Waals surface area contributed by atoms with Crippen molar-refractivity contribution in [3.05, 3.63) is 75.9 Å². The monoisotopic (exact) mass is 395 g/mol. The Kier molecular flexibility index (Phi) is 4.71. The molecule has 0 N–H and O–H groups in total. The molecule has 0 atom stereocenters. The van der Waals surface area contributed by atoms with Gasteiger partial charge in [0.05, 0.1) is 17.0 Å². The second-order valence-electron chi connectivity index (χ2n) is 7.88. The number of Topliss-reactive ketones (excluding diaryl/α,β-unsaturated/α-hetero) is 1. The number of fused-ring (bicyclic) bond motifs is 1. The Balaban J connectivity index is 1.87. The third kappa shape index (κ3) is 3.67. The van der Waals surface area contributed by atoms with Crippen molar-refractivity contribution in [2.75, 3.05) is 0 Å². The van der Waals surface area contributed by atoms with E-state index in [2.05, 4.69) is 28.8 Å². The van der Waals surface area contributed by atoms with E-state index in [-0.39, 0.29) is 11.2 Å². The molecule has 1 aliphatic carbocycles. The zero-order valence-electron chi connectivity index (χ0n) is 15.7. The second-order valence-corrected chi connectivity index (χ2v) is 8.29. The van der Waals surface area contributed by atoms with Crippen LogP contribution in [0.25, 0.3) is 11.5 Å². The molecule has 142 valence electrons. The van der Waals surface area contributed by atoms with Gasteiger partial charge in [-0.3, -0.25) is 9.78 Å². The molecule has 3 aromatic rings. The van der Waals surface area contributed by atoms with Crippen LogP contribution in [0.2, 0.25) is 5.02 Å². The Morgan fingerprint density at radius 2 is 1.96 bits per heavy atom. The molecule has 0 spiro atoms. The van der Waals surface area contributed by atoms with Gasteiger partial charge in [0.25, 0.3) is 0 Å². The molecule has 0 fully saturated rings. The van der Waals surface area contributed by atoms with Crippen LogP contribution in [-0.4, -0.2) is 20.7 Å². The number of hydrogen-bond donors (Lipinski definition) is 0. The molecule has 0 aliphatic heterocycles. The molecule has 0 saturated heterocycles. The standard InChI is InChI=1S/C22H19ClFN3O/c1-22(2)11-18-20(19(28)12-22)17(9-13-6-7-14(24)10-15(13)23)26-21(27-18)16-5-3-4-8-25-16/h3-8,10H,9,11-12H2,1-2H3. The quantitative estimate of drug-likeness (QED) is 0.620. The van der Waals surface area contributed by atoms with Gasteiger partial charge < -0.3 is 0 Å². The van der Waals surface area contributed by atoms with Gasteiger partial charge in [0.2, 0.25) is 0 Å². The highest BCUT2D eigenvalue weighted by Crippen LogP contribution is 2.36. The average Bonchev–Trinajstić information content (AvgIpc) is 2.63. The number of hydrogen-bond acceptors (Lipinski definition) is 4. The SMILES string of the molecule is CC1(C)CC(=O)c2c(Cc3ccc(F)cc3Cl)nc(-c3ccccn3)nc2C1. The summed E-state index contributed by atoms with van der Waals surface area (Å²) in [6.07, 6.45) is 3.14. The van der Waals surface area contributed by atoms with Gasteiger partial charge >= 0.3 is 0 Å². The van der Waals surface area contributed by atoms with Crippen molar-refractivity contribution in [1.29, 1.82) is 0 Å². The van der Waals surface area contributed by atoms with Crippen LogP contribution < -0.4 is 0 Å². The largest absolute Gasteiger partial charge is 0.294 e. The van der Waals surface area contributed by atoms with Crippen molar-refractivity contribution < 1.29 is 9.18 Å². The number of halogens is 2. The highest BCUT2D eigenvalue weighted by Gasteiger charge is 2.35. The topological polar surface area (TPSA) is 55.7 Å². The fraction of sp³-hybridized carbons (Fsp3) is 0.273. The predicted molar refractivity (Wildman–Crippen MR) is 106 cm³/mol. The van der Waals surface area contributed by atoms with Crippen molar-refractivity contribution >= 4 is 17.4 Å². The maximum Gasteiger partial charge on any atom is 0.178 e. The van der Waals surface area contributed by atoms with Gasteiger partial charge in [-0.2, -0.15) is 0 Å². The van der Waals surface area contributed by atoms with Gasteiger partial charge in [-0.15, -0.1) is 0 Å². The molecule has 2 heterocycles. The minimum Gasteiger partial charge on any atom is -0.294 e. The summed E-state index contributed by atoms with van der Waals surface area (Å²) in [7, 11) is 0. The Morgan fingerprint density at radius 1 is 1.14 bits per heavy atom. The molecule has 4 nitrogen and oxygen atoms in total. The molecule has 0 amide bonds. The first-order valence-corrected chi connectivity index (χ1v) is 9.48. The van der Waals surface area contributed by atoms with Crippen molar-refractivity contribution in [2.24, 2.45) is 5.41 Å². The van der Waals surface area contributed by atoms with Crippen LogP contribution in [0.4, 0.5) is 4.39 Å². The molecule has 28 heavy (non-hydrogen) atoms. The molecule has 1 aliphatic rings. The molecular weight excluding hydrogens is 377 g/mol. The van der Waals surface area contributed by atoms with Crippen LogP contribution in [0.3, 0.4) is 0 Å². The molecule has 0 bridgehead atoms. The van der Waals surface area contributed by atoms with E-state index in [0.29, 0.717) is 52.6 Å². The van der Waals surface area contributed by atoms with Crippen LogP contribution in [0.1, 0.15) is 47.6 Å². The summed E-state index contributed by atoms with van der Waals surface area (Å²) in [4.78, 5) is 26.6. The second kappa shape index (κ2) is 7.06. The molecule has 0 radical (unpaired) electrons. The summed E-state index contributed by atoms with van der Waals surface area (Å²) in [5.41, 5.74) is 3.12. The van der Waals surface area contributed by atoms with E-state index in [0.717, 1.165) is 5.69 Å². The molecule has 2 aromatic heterocycles. The molecule has 0 saturated carbocycles. The van der Waals surface area contributed by atoms with E-state index in [9.17, 15) is 9.18 Å². The number of nitrogens with zero attached hydrogens (tertiary/aromatic N) is 3. The summed E-state index contributed by atoms with van der Waals surface area (Å²) in [5.74, 6) is 0.121. The summed E-state index contributed by atoms with van der Waals surface area (Å²) < 4.78 is 13.4. The molecular formula is C22H19ClFN3O. The lowest BCUT2D eigenvalue weighted by molar-refractivity contribution is 0.0908. The van der Waals surface area contributed by atoms with Gasteiger partial charge in [0.15, 0.2) is 11.6 Å². The number of carbonyl (C=O) groups is 1. The number of rotatable bonds is 3. The van der Waals surface area contributed by atoms with Crippen LogP contribution in [0.5, 0.6) is 0 Å². The summed E-state index contributed by atoms with van der Waals surface area (Å²) in [5, 5.41) is 0.315. The first-order valence-electron chi connectivity index (χ1n) is 9.11. The summed E-state index contributed by atoms with van der Waals surface area (Å²) in [6.45, 7) is 4.12. The van der Waals surface area contributed by atoms with Crippen LogP contribution in [-0.2, 0) is 12.8 Å². The lowest BCUT2D eigenvalue weighted by atomic mass is 9.75. The predicted octanol–water partition coefficient (Wildman–Crippen LogP) is 5.08. The van der Waals surface area contributed by atoms with E-state index in [1.54, 1.807) is 12.3 Å². The first-order chi connectivity index (χ1) is 13.3. The average molecular weight is 396 g/mol. The smallest absolute Gasteiger partial charge is 0.178 e. The van der Waals surface area contributed by atoms with E-state index in [4.69, 9.17) is 11.6 Å². The summed E-state index contributed by atoms with van der Waals surface area (Å²) >= 11 is 6.22. The fourth-order valence-electron chi connectivity index (χ4n) is 3.63. The molecule has 6 heteroatoms. The number of pyridine rings is 1. The van der Waals surface area contributed by atoms with Gasteiger partial charge in [-0.05, 0) is 41.7 Å². The zero-order valence-corrected chi connectivity index (χ0v) is 16.4. The van der Waals surface area contributed by atoms with E-state index in [1.165, 1.54) is 12.1 Å². The van der Waals surface area contributed by atoms with Gasteiger partial charge in [0, 0.05) is 24.1 Å². The van der Waals surface area contributed by atoms with Gasteiger partial charge in [0.1, 0.15) is 11.5 Å². The van der Waals surface area contributed by atoms with Crippen molar-refractivity contribution in [3.8, 4) is 11.5 Å². The number of ketones is 1. The first kappa shape index (κ1) is 18.7. The summed E-state index contributed by atoms with van der Waals surface area (Å²) in [6, 6.07) is 9.80. The highest BCUT2D eigenvalue weighted by atomic mass is 35.5. The third-order valence-electron chi connectivity index (χ3n) is 4.89. The number of carbonyl (C=O) groups excluding carboxylic acids is 1. The van der Waals surface area contributed by atoms with Crippen molar-refractivity contribution in [3.63, 3.8) is 0 Å². The Bertz CT molecular complexity index is 1070. The van der Waals surface area contributed by atoms with Crippen LogP contribution in [0.15, 0.2) is 42.6 Å². The minimum absolute atomic E-state index is 0.0343. The van der Waals surface area contributed by atoms with Crippen LogP contribution in [0, 0.1) is 11.2 Å². The number of benzene rings is 1. The Morgan fingerprint density at radius 3 is 2.68 bits per heavy atom. The van der Waals surface area contributed by atoms with E-state index < -0.39 is 5.82 Å². The number of aromatic nitrogens is 3. The minimum atomic E-state index is -0.398. The normalized spacial score (nSPS) is 15.4. The van der Waals surface area contributed by atoms with Gasteiger partial charge in [-0.1, -0.05) is 37.6 Å². The zero-order chi connectivity index (χ0) is 19.9. The fourth-order valence-corrected chi connectivity index (χ4v) is 3.86. The van der Waals surface area contributed by atoms with Crippen molar-refractivity contribution in [1.82, 2.24) is 15.0 Å². The van der Waals surface area contributed by atoms with Gasteiger partial charge in [-0.25, -0.2) is 14.4 Å². The maximum absolute atomic E-state index is 13.4. The van der Waals surface area contributed by atoms with Crippen molar-refractivity contribution in [2.45, 2.75) is 33.1 Å². The van der Waals surface area contributed by atoms with E-state index >= 15 is 0 Å². The lowest BCUT2D eigenvalue weighted by Gasteiger charge is -2.30. The Labute approximate surface area is 167 Å². The maximum atomic E-state index is 13.4. The van der Waals surface area contributed by atoms with E-state index in [1.807, 2.05) is 18.2 Å².